The predicted octanol–water partition coefficient (Wildman–Crippen LogP) is 2.46. The van der Waals surface area contributed by atoms with Crippen LogP contribution in [0.2, 0.25) is 0 Å². The second kappa shape index (κ2) is 6.62. The minimum atomic E-state index is -3.46. The molecule has 0 N–H and O–H groups in total. The van der Waals surface area contributed by atoms with Gasteiger partial charge in [-0.3, -0.25) is 0 Å². The van der Waals surface area contributed by atoms with E-state index in [0.29, 0.717) is 0 Å². The van der Waals surface area contributed by atoms with Gasteiger partial charge in [-0.25, -0.2) is 13.2 Å². The highest BCUT2D eigenvalue weighted by molar-refractivity contribution is 7.90. The first-order chi connectivity index (χ1) is 10.4. The van der Waals surface area contributed by atoms with Crippen LogP contribution in [0.15, 0.2) is 53.4 Å². The van der Waals surface area contributed by atoms with Crippen molar-refractivity contribution in [2.75, 3.05) is 13.4 Å². The molecule has 0 spiro atoms. The Balaban J connectivity index is 2.35. The van der Waals surface area contributed by atoms with Crippen molar-refractivity contribution in [3.05, 3.63) is 59.7 Å². The average molecular weight is 320 g/mol. The van der Waals surface area contributed by atoms with Crippen LogP contribution in [0, 0.1) is 0 Å². The molecule has 2 aromatic carbocycles. The first-order valence-corrected chi connectivity index (χ1v) is 8.40. The summed E-state index contributed by atoms with van der Waals surface area (Å²) in [5.74, 6) is -0.418. The van der Waals surface area contributed by atoms with E-state index in [-0.39, 0.29) is 22.8 Å². The van der Waals surface area contributed by atoms with Crippen molar-refractivity contribution in [3.8, 4) is 5.75 Å². The smallest absolute Gasteiger partial charge is 0.337 e. The van der Waals surface area contributed by atoms with Gasteiger partial charge in [0.25, 0.3) is 0 Å². The standard InChI is InChI=1S/C16H16O5S/c1-20-16(17)13-8-9-15(22(2,18)19)14(10-13)21-11-12-6-4-3-5-7-12/h3-10H,11H2,1-2H3. The van der Waals surface area contributed by atoms with Crippen LogP contribution in [0.4, 0.5) is 0 Å². The molecule has 0 atom stereocenters. The summed E-state index contributed by atoms with van der Waals surface area (Å²) < 4.78 is 33.9. The summed E-state index contributed by atoms with van der Waals surface area (Å²) in [6, 6.07) is 13.5. The second-order valence-electron chi connectivity index (χ2n) is 4.70. The molecule has 0 fully saturated rings. The Kier molecular flexibility index (Phi) is 4.82. The lowest BCUT2D eigenvalue weighted by molar-refractivity contribution is 0.0600. The zero-order valence-electron chi connectivity index (χ0n) is 12.3. The Morgan fingerprint density at radius 3 is 2.36 bits per heavy atom. The van der Waals surface area contributed by atoms with Gasteiger partial charge in [0, 0.05) is 6.26 Å². The third-order valence-electron chi connectivity index (χ3n) is 3.00. The number of hydrogen-bond acceptors (Lipinski definition) is 5. The predicted molar refractivity (Wildman–Crippen MR) is 81.7 cm³/mol. The molecule has 0 aliphatic heterocycles. The molecule has 2 aromatic rings. The maximum absolute atomic E-state index is 11.8. The minimum absolute atomic E-state index is 0.0380. The van der Waals surface area contributed by atoms with Gasteiger partial charge in [0.15, 0.2) is 9.84 Å². The molecular weight excluding hydrogens is 304 g/mol. The molecule has 0 saturated carbocycles. The Hall–Kier alpha value is -2.34. The highest BCUT2D eigenvalue weighted by atomic mass is 32.2. The summed E-state index contributed by atoms with van der Waals surface area (Å²) in [5, 5.41) is 0. The first-order valence-electron chi connectivity index (χ1n) is 6.51. The van der Waals surface area contributed by atoms with Gasteiger partial charge in [-0.2, -0.15) is 0 Å². The molecule has 0 bridgehead atoms. The molecule has 0 saturated heterocycles. The summed E-state index contributed by atoms with van der Waals surface area (Å²) >= 11 is 0. The second-order valence-corrected chi connectivity index (χ2v) is 6.68. The monoisotopic (exact) mass is 320 g/mol. The van der Waals surface area contributed by atoms with E-state index in [1.165, 1.54) is 25.3 Å². The quantitative estimate of drug-likeness (QED) is 0.792. The van der Waals surface area contributed by atoms with Crippen LogP contribution in [0.1, 0.15) is 15.9 Å². The van der Waals surface area contributed by atoms with Crippen molar-refractivity contribution >= 4 is 15.8 Å². The van der Waals surface area contributed by atoms with Crippen LogP contribution >= 0.6 is 0 Å². The maximum Gasteiger partial charge on any atom is 0.337 e. The summed E-state index contributed by atoms with van der Waals surface area (Å²) in [6.07, 6.45) is 1.09. The van der Waals surface area contributed by atoms with Crippen LogP contribution in [0.5, 0.6) is 5.75 Å². The Morgan fingerprint density at radius 1 is 1.09 bits per heavy atom. The van der Waals surface area contributed by atoms with Gasteiger partial charge in [0.05, 0.1) is 12.7 Å². The van der Waals surface area contributed by atoms with Gasteiger partial charge in [0.1, 0.15) is 17.3 Å². The van der Waals surface area contributed by atoms with E-state index in [4.69, 9.17) is 4.74 Å². The van der Waals surface area contributed by atoms with E-state index in [1.54, 1.807) is 0 Å². The SMILES string of the molecule is COC(=O)c1ccc(S(C)(=O)=O)c(OCc2ccccc2)c1. The third kappa shape index (κ3) is 3.85. The molecular formula is C16H16O5S. The Labute approximate surface area is 129 Å². The van der Waals surface area contributed by atoms with E-state index in [0.717, 1.165) is 11.8 Å². The highest BCUT2D eigenvalue weighted by Gasteiger charge is 2.17. The third-order valence-corrected chi connectivity index (χ3v) is 4.14. The van der Waals surface area contributed by atoms with Gasteiger partial charge >= 0.3 is 5.97 Å². The van der Waals surface area contributed by atoms with Crippen LogP contribution < -0.4 is 4.74 Å². The van der Waals surface area contributed by atoms with E-state index in [1.807, 2.05) is 30.3 Å². The van der Waals surface area contributed by atoms with Gasteiger partial charge in [-0.15, -0.1) is 0 Å². The van der Waals surface area contributed by atoms with E-state index in [9.17, 15) is 13.2 Å². The van der Waals surface area contributed by atoms with Gasteiger partial charge < -0.3 is 9.47 Å². The zero-order chi connectivity index (χ0) is 16.2. The molecule has 5 nitrogen and oxygen atoms in total. The number of benzene rings is 2. The van der Waals surface area contributed by atoms with Crippen molar-refractivity contribution in [2.24, 2.45) is 0 Å². The number of carbonyl (C=O) groups is 1. The lowest BCUT2D eigenvalue weighted by Gasteiger charge is -2.12. The summed E-state index contributed by atoms with van der Waals surface area (Å²) in [4.78, 5) is 11.6. The molecule has 0 aliphatic rings. The fraction of sp³-hybridized carbons (Fsp3) is 0.188. The minimum Gasteiger partial charge on any atom is -0.488 e. The van der Waals surface area contributed by atoms with Crippen LogP contribution in [-0.2, 0) is 21.2 Å². The van der Waals surface area contributed by atoms with Crippen molar-refractivity contribution in [1.29, 1.82) is 0 Å². The number of sulfone groups is 1. The number of methoxy groups -OCH3 is 1. The Morgan fingerprint density at radius 2 is 1.77 bits per heavy atom. The number of rotatable bonds is 5. The number of esters is 1. The van der Waals surface area contributed by atoms with Gasteiger partial charge in [-0.05, 0) is 23.8 Å². The van der Waals surface area contributed by atoms with Gasteiger partial charge in [-0.1, -0.05) is 30.3 Å². The van der Waals surface area contributed by atoms with Crippen LogP contribution in [0.25, 0.3) is 0 Å². The molecule has 116 valence electrons. The Bertz CT molecular complexity index is 766. The maximum atomic E-state index is 11.8. The van der Waals surface area contributed by atoms with Crippen LogP contribution in [-0.4, -0.2) is 27.8 Å². The lowest BCUT2D eigenvalue weighted by atomic mass is 10.2. The zero-order valence-corrected chi connectivity index (χ0v) is 13.1. The molecule has 0 aliphatic carbocycles. The molecule has 2 rings (SSSR count). The van der Waals surface area contributed by atoms with E-state index in [2.05, 4.69) is 4.74 Å². The largest absolute Gasteiger partial charge is 0.488 e. The topological polar surface area (TPSA) is 69.7 Å². The number of carbonyl (C=O) groups excluding carboxylic acids is 1. The summed E-state index contributed by atoms with van der Waals surface area (Å²) in [5.41, 5.74) is 1.13. The normalized spacial score (nSPS) is 11.0. The number of ether oxygens (including phenoxy) is 2. The first kappa shape index (κ1) is 16.0. The van der Waals surface area contributed by atoms with Crippen molar-refractivity contribution in [2.45, 2.75) is 11.5 Å². The molecule has 6 heteroatoms. The van der Waals surface area contributed by atoms with Gasteiger partial charge in [0.2, 0.25) is 0 Å². The molecule has 0 heterocycles. The fourth-order valence-corrected chi connectivity index (χ4v) is 2.71. The molecule has 0 aromatic heterocycles. The van der Waals surface area contributed by atoms with Crippen molar-refractivity contribution in [3.63, 3.8) is 0 Å². The average Bonchev–Trinajstić information content (AvgIpc) is 2.52. The van der Waals surface area contributed by atoms with E-state index >= 15 is 0 Å². The van der Waals surface area contributed by atoms with Crippen LogP contribution in [0.3, 0.4) is 0 Å². The van der Waals surface area contributed by atoms with Crippen molar-refractivity contribution in [1.82, 2.24) is 0 Å². The highest BCUT2D eigenvalue weighted by Crippen LogP contribution is 2.26. The molecule has 0 unspecified atom stereocenters. The molecule has 0 radical (unpaired) electrons. The fourth-order valence-electron chi connectivity index (χ4n) is 1.91. The lowest BCUT2D eigenvalue weighted by Crippen LogP contribution is -2.07. The molecule has 22 heavy (non-hydrogen) atoms. The summed E-state index contributed by atoms with van der Waals surface area (Å²) in [7, 11) is -2.20. The number of hydrogen-bond donors (Lipinski definition) is 0. The summed E-state index contributed by atoms with van der Waals surface area (Å²) in [6.45, 7) is 0.202. The molecule has 0 amide bonds. The van der Waals surface area contributed by atoms with E-state index < -0.39 is 15.8 Å². The van der Waals surface area contributed by atoms with Crippen molar-refractivity contribution < 1.29 is 22.7 Å².